The van der Waals surface area contributed by atoms with Crippen molar-refractivity contribution in [3.63, 3.8) is 0 Å². The number of carboxylic acids is 1. The van der Waals surface area contributed by atoms with Crippen molar-refractivity contribution in [2.75, 3.05) is 41.0 Å². The first-order chi connectivity index (χ1) is 18.1. The zero-order valence-electron chi connectivity index (χ0n) is 24.1. The molecule has 0 N–H and O–H groups in total. The Labute approximate surface area is 229 Å². The zero-order valence-corrected chi connectivity index (χ0v) is 24.1. The van der Waals surface area contributed by atoms with Crippen LogP contribution < -0.4 is 5.11 Å². The Balaban J connectivity index is 4.73. The Bertz CT molecular complexity index is 778. The second-order valence-electron chi connectivity index (χ2n) is 9.86. The first-order valence-corrected chi connectivity index (χ1v) is 13.7. The van der Waals surface area contributed by atoms with Crippen molar-refractivity contribution < 1.29 is 38.2 Å². The molecule has 216 valence electrons. The maximum absolute atomic E-state index is 12.3. The Hall–Kier alpha value is -2.71. The summed E-state index contributed by atoms with van der Waals surface area (Å²) in [4.78, 5) is 35.9. The molecule has 8 heteroatoms. The minimum atomic E-state index is -1.15. The van der Waals surface area contributed by atoms with Crippen molar-refractivity contribution in [2.45, 2.75) is 83.8 Å². The third-order valence-corrected chi connectivity index (χ3v) is 5.49. The molecule has 38 heavy (non-hydrogen) atoms. The first-order valence-electron chi connectivity index (χ1n) is 13.7. The second-order valence-corrected chi connectivity index (χ2v) is 9.86. The largest absolute Gasteiger partial charge is 0.544 e. The Morgan fingerprint density at radius 3 is 1.79 bits per heavy atom. The third-order valence-electron chi connectivity index (χ3n) is 5.49. The predicted octanol–water partition coefficient (Wildman–Crippen LogP) is 4.06. The van der Waals surface area contributed by atoms with Gasteiger partial charge in [-0.2, -0.15) is 0 Å². The summed E-state index contributed by atoms with van der Waals surface area (Å²) in [5, 5.41) is 11.4. The average Bonchev–Trinajstić information content (AvgIpc) is 2.84. The molecular weight excluding hydrogens is 486 g/mol. The topological polar surface area (TPSA) is 102 Å². The van der Waals surface area contributed by atoms with Crippen LogP contribution in [0, 0.1) is 0 Å². The van der Waals surface area contributed by atoms with Gasteiger partial charge in [0.2, 0.25) is 0 Å². The van der Waals surface area contributed by atoms with Gasteiger partial charge in [-0.3, -0.25) is 9.59 Å². The summed E-state index contributed by atoms with van der Waals surface area (Å²) in [6.45, 7) is 4.17. The van der Waals surface area contributed by atoms with Gasteiger partial charge in [0.25, 0.3) is 0 Å². The molecule has 0 aromatic rings. The molecule has 0 fully saturated rings. The molecule has 0 aromatic carbocycles. The normalized spacial score (nSPS) is 14.0. The number of ether oxygens (including phenoxy) is 3. The molecule has 0 bridgehead atoms. The standard InChI is InChI=1S/C30H49NO7/c1-6-8-10-12-14-16-18-20-28(32)37-25-26(24-36-23-22-27(30(34)35)31(3,4)5)38-29(33)21-19-17-15-13-11-9-7-2/h8-11,14-17,26-27H,6-7,12-13,18-25H2,1-5H3/b10-8+,11-9+,16-14+,17-15+. The molecule has 0 radical (unpaired) electrons. The molecule has 0 heterocycles. The maximum Gasteiger partial charge on any atom is 0.306 e. The highest BCUT2D eigenvalue weighted by atomic mass is 16.6. The molecule has 0 saturated carbocycles. The number of carboxylic acid groups (broad SMARTS) is 1. The van der Waals surface area contributed by atoms with Crippen LogP contribution in [0.4, 0.5) is 0 Å². The third kappa shape index (κ3) is 20.4. The van der Waals surface area contributed by atoms with E-state index >= 15 is 0 Å². The van der Waals surface area contributed by atoms with E-state index in [1.54, 1.807) is 21.1 Å². The van der Waals surface area contributed by atoms with Gasteiger partial charge in [0.15, 0.2) is 6.10 Å². The molecule has 0 aromatic heterocycles. The van der Waals surface area contributed by atoms with Crippen molar-refractivity contribution in [3.05, 3.63) is 48.6 Å². The molecule has 0 saturated heterocycles. The molecule has 0 rings (SSSR count). The lowest BCUT2D eigenvalue weighted by molar-refractivity contribution is -0.889. The van der Waals surface area contributed by atoms with Crippen LogP contribution in [0.2, 0.25) is 0 Å². The van der Waals surface area contributed by atoms with E-state index in [-0.39, 0.29) is 49.5 Å². The number of hydrogen-bond acceptors (Lipinski definition) is 7. The summed E-state index contributed by atoms with van der Waals surface area (Å²) in [7, 11) is 5.32. The number of quaternary nitrogens is 1. The number of aliphatic carboxylic acids is 1. The summed E-state index contributed by atoms with van der Waals surface area (Å²) in [6, 6.07) is -0.738. The van der Waals surface area contributed by atoms with Crippen LogP contribution in [-0.2, 0) is 28.6 Å². The molecule has 0 aliphatic carbocycles. The molecule has 0 spiro atoms. The fourth-order valence-corrected chi connectivity index (χ4v) is 3.36. The number of esters is 2. The van der Waals surface area contributed by atoms with Crippen LogP contribution in [0.1, 0.15) is 71.6 Å². The lowest BCUT2D eigenvalue weighted by Gasteiger charge is -2.34. The Morgan fingerprint density at radius 2 is 1.29 bits per heavy atom. The van der Waals surface area contributed by atoms with E-state index in [9.17, 15) is 19.5 Å². The monoisotopic (exact) mass is 535 g/mol. The molecule has 2 atom stereocenters. The van der Waals surface area contributed by atoms with Gasteiger partial charge in [-0.15, -0.1) is 0 Å². The second kappa shape index (κ2) is 22.3. The van der Waals surface area contributed by atoms with Crippen molar-refractivity contribution in [1.82, 2.24) is 0 Å². The first kappa shape index (κ1) is 35.3. The van der Waals surface area contributed by atoms with Gasteiger partial charge in [-0.25, -0.2) is 0 Å². The van der Waals surface area contributed by atoms with E-state index in [4.69, 9.17) is 14.2 Å². The molecule has 8 nitrogen and oxygen atoms in total. The van der Waals surface area contributed by atoms with E-state index in [0.29, 0.717) is 12.8 Å². The highest BCUT2D eigenvalue weighted by Crippen LogP contribution is 2.09. The van der Waals surface area contributed by atoms with Crippen molar-refractivity contribution in [3.8, 4) is 0 Å². The average molecular weight is 536 g/mol. The molecule has 0 amide bonds. The number of carbonyl (C=O) groups excluding carboxylic acids is 3. The van der Waals surface area contributed by atoms with Gasteiger partial charge in [0.1, 0.15) is 12.6 Å². The quantitative estimate of drug-likeness (QED) is 0.0892. The molecule has 2 unspecified atom stereocenters. The van der Waals surface area contributed by atoms with Gasteiger partial charge < -0.3 is 28.6 Å². The summed E-state index contributed by atoms with van der Waals surface area (Å²) in [6.07, 6.45) is 20.8. The molecule has 0 aliphatic rings. The highest BCUT2D eigenvalue weighted by molar-refractivity contribution is 5.70. The van der Waals surface area contributed by atoms with Crippen LogP contribution in [0.5, 0.6) is 0 Å². The Morgan fingerprint density at radius 1 is 0.763 bits per heavy atom. The van der Waals surface area contributed by atoms with E-state index < -0.39 is 24.1 Å². The molecule has 0 aliphatic heterocycles. The fraction of sp³-hybridized carbons (Fsp3) is 0.633. The zero-order chi connectivity index (χ0) is 28.7. The lowest BCUT2D eigenvalue weighted by Crippen LogP contribution is -2.55. The number of allylic oxidation sites excluding steroid dienone is 8. The van der Waals surface area contributed by atoms with Gasteiger partial charge >= 0.3 is 11.9 Å². The summed E-state index contributed by atoms with van der Waals surface area (Å²) in [5.41, 5.74) is 0. The van der Waals surface area contributed by atoms with Crippen LogP contribution >= 0.6 is 0 Å². The van der Waals surface area contributed by atoms with Gasteiger partial charge in [-0.1, -0.05) is 62.5 Å². The lowest BCUT2D eigenvalue weighted by atomic mass is 10.1. The van der Waals surface area contributed by atoms with Crippen LogP contribution in [0.25, 0.3) is 0 Å². The van der Waals surface area contributed by atoms with Gasteiger partial charge in [-0.05, 0) is 38.5 Å². The smallest absolute Gasteiger partial charge is 0.306 e. The van der Waals surface area contributed by atoms with Crippen molar-refractivity contribution in [1.29, 1.82) is 0 Å². The van der Waals surface area contributed by atoms with E-state index in [2.05, 4.69) is 38.2 Å². The summed E-state index contributed by atoms with van der Waals surface area (Å²) in [5.74, 6) is -1.94. The predicted molar refractivity (Wildman–Crippen MR) is 148 cm³/mol. The summed E-state index contributed by atoms with van der Waals surface area (Å²) < 4.78 is 16.7. The SMILES string of the molecule is CC/C=C/C/C=C/CCC(=O)OCC(COCCC(C(=O)[O-])[N+](C)(C)C)OC(=O)CC/C=C/C/C=C/CC. The maximum atomic E-state index is 12.3. The van der Waals surface area contributed by atoms with Crippen LogP contribution in [0.3, 0.4) is 0 Å². The Kier molecular flexibility index (Phi) is 20.7. The number of nitrogens with zero attached hydrogens (tertiary/aromatic N) is 1. The van der Waals surface area contributed by atoms with Gasteiger partial charge in [0, 0.05) is 19.3 Å². The van der Waals surface area contributed by atoms with Crippen LogP contribution in [0.15, 0.2) is 48.6 Å². The van der Waals surface area contributed by atoms with E-state index in [1.165, 1.54) is 0 Å². The number of rotatable bonds is 22. The molecular formula is C30H49NO7. The van der Waals surface area contributed by atoms with Crippen molar-refractivity contribution in [2.24, 2.45) is 0 Å². The van der Waals surface area contributed by atoms with E-state index in [0.717, 1.165) is 25.7 Å². The van der Waals surface area contributed by atoms with E-state index in [1.807, 2.05) is 24.3 Å². The highest BCUT2D eigenvalue weighted by Gasteiger charge is 2.25. The minimum absolute atomic E-state index is 0.00273. The number of carbonyl (C=O) groups is 3. The van der Waals surface area contributed by atoms with Gasteiger partial charge in [0.05, 0.1) is 40.3 Å². The minimum Gasteiger partial charge on any atom is -0.544 e. The number of likely N-dealkylation sites (N-methyl/N-ethyl adjacent to an activating group) is 1. The van der Waals surface area contributed by atoms with Crippen molar-refractivity contribution >= 4 is 17.9 Å². The fourth-order valence-electron chi connectivity index (χ4n) is 3.36. The number of hydrogen-bond donors (Lipinski definition) is 0. The summed E-state index contributed by atoms with van der Waals surface area (Å²) >= 11 is 0. The van der Waals surface area contributed by atoms with Crippen LogP contribution in [-0.4, -0.2) is 75.5 Å².